The van der Waals surface area contributed by atoms with Gasteiger partial charge in [0.25, 0.3) is 0 Å². The van der Waals surface area contributed by atoms with Gasteiger partial charge in [-0.05, 0) is 43.3 Å². The normalized spacial score (nSPS) is 17.1. The van der Waals surface area contributed by atoms with Crippen LogP contribution in [-0.4, -0.2) is 43.3 Å². The highest BCUT2D eigenvalue weighted by Crippen LogP contribution is 2.50. The van der Waals surface area contributed by atoms with Gasteiger partial charge in [0, 0.05) is 35.7 Å². The summed E-state index contributed by atoms with van der Waals surface area (Å²) in [5, 5.41) is 5.00. The number of likely N-dealkylation sites (N-methyl/N-ethyl adjacent to an activating group) is 1. The number of nitrogens with zero attached hydrogens (tertiary/aromatic N) is 2. The number of ketones is 1. The molecule has 0 radical (unpaired) electrons. The Morgan fingerprint density at radius 3 is 2.82 bits per heavy atom. The second-order valence-electron chi connectivity index (χ2n) is 8.70. The zero-order chi connectivity index (χ0) is 23.2. The lowest BCUT2D eigenvalue weighted by atomic mass is 9.87. The fraction of sp³-hybridized carbons (Fsp3) is 0.259. The number of aromatic nitrogens is 1. The summed E-state index contributed by atoms with van der Waals surface area (Å²) in [5.74, 6) is 2.70. The number of carbonyl (C=O) groups is 1. The van der Waals surface area contributed by atoms with Crippen LogP contribution in [0.3, 0.4) is 0 Å². The number of carbonyl (C=O) groups excluding carboxylic acids is 1. The molecule has 172 valence electrons. The standard InChI is InChI=1S/C27H24N2O5/c1-29-11-10-18-13-23-26(33-15-32-23)27(31-2)24(18)21(29)14-22(30)17-8-9-20-19(12-17)25(34-28-20)16-6-4-3-5-7-16/h3-9,12-13,21H,10-11,14-15H2,1-2H3. The number of ether oxygens (including phenoxy) is 3. The van der Waals surface area contributed by atoms with Gasteiger partial charge in [0.05, 0.1) is 12.5 Å². The molecule has 7 nitrogen and oxygen atoms in total. The van der Waals surface area contributed by atoms with Crippen molar-refractivity contribution in [3.63, 3.8) is 0 Å². The smallest absolute Gasteiger partial charge is 0.231 e. The van der Waals surface area contributed by atoms with Crippen LogP contribution in [0.1, 0.15) is 33.9 Å². The molecule has 1 unspecified atom stereocenters. The predicted octanol–water partition coefficient (Wildman–Crippen LogP) is 5.03. The van der Waals surface area contributed by atoms with Gasteiger partial charge in [0.1, 0.15) is 5.52 Å². The molecular formula is C27H24N2O5. The summed E-state index contributed by atoms with van der Waals surface area (Å²) in [7, 11) is 3.68. The molecule has 0 bridgehead atoms. The molecule has 6 rings (SSSR count). The maximum absolute atomic E-state index is 13.5. The van der Waals surface area contributed by atoms with Gasteiger partial charge >= 0.3 is 0 Å². The van der Waals surface area contributed by atoms with Gasteiger partial charge in [-0.1, -0.05) is 35.5 Å². The largest absolute Gasteiger partial charge is 0.492 e. The van der Waals surface area contributed by atoms with Gasteiger partial charge in [0.15, 0.2) is 23.0 Å². The lowest BCUT2D eigenvalue weighted by Gasteiger charge is -2.35. The Hall–Kier alpha value is -3.84. The van der Waals surface area contributed by atoms with E-state index in [9.17, 15) is 4.79 Å². The van der Waals surface area contributed by atoms with Crippen LogP contribution in [-0.2, 0) is 6.42 Å². The van der Waals surface area contributed by atoms with Crippen LogP contribution in [0.25, 0.3) is 22.2 Å². The average molecular weight is 456 g/mol. The number of Topliss-reactive ketones (excluding diaryl/α,β-unsaturated/α-hetero) is 1. The van der Waals surface area contributed by atoms with E-state index in [0.29, 0.717) is 35.0 Å². The van der Waals surface area contributed by atoms with E-state index >= 15 is 0 Å². The van der Waals surface area contributed by atoms with Crippen LogP contribution in [0.4, 0.5) is 0 Å². The molecule has 0 fully saturated rings. The van der Waals surface area contributed by atoms with Crippen molar-refractivity contribution in [2.45, 2.75) is 18.9 Å². The lowest BCUT2D eigenvalue weighted by molar-refractivity contribution is 0.0925. The number of fused-ring (bicyclic) bond motifs is 3. The Balaban J connectivity index is 1.36. The van der Waals surface area contributed by atoms with Crippen molar-refractivity contribution >= 4 is 16.7 Å². The summed E-state index contributed by atoms with van der Waals surface area (Å²) < 4.78 is 22.7. The summed E-state index contributed by atoms with van der Waals surface area (Å²) in [4.78, 5) is 15.7. The first kappa shape index (κ1) is 20.7. The van der Waals surface area contributed by atoms with E-state index < -0.39 is 0 Å². The Morgan fingerprint density at radius 1 is 1.15 bits per heavy atom. The maximum Gasteiger partial charge on any atom is 0.231 e. The van der Waals surface area contributed by atoms with Crippen LogP contribution in [0, 0.1) is 0 Å². The third-order valence-corrected chi connectivity index (χ3v) is 6.76. The van der Waals surface area contributed by atoms with Crippen molar-refractivity contribution in [3.8, 4) is 28.6 Å². The maximum atomic E-state index is 13.5. The SMILES string of the molecule is COc1c2c(cc3c1C(CC(=O)c1ccc4noc(-c5ccccc5)c4c1)N(C)CC3)OCO2. The number of rotatable bonds is 5. The molecule has 0 saturated heterocycles. The fourth-order valence-electron chi connectivity index (χ4n) is 4.99. The average Bonchev–Trinajstić information content (AvgIpc) is 3.51. The molecular weight excluding hydrogens is 432 g/mol. The van der Waals surface area contributed by atoms with Gasteiger partial charge < -0.3 is 18.7 Å². The Labute approximate surface area is 196 Å². The van der Waals surface area contributed by atoms with Crippen LogP contribution in [0.2, 0.25) is 0 Å². The molecule has 0 spiro atoms. The molecule has 0 N–H and O–H groups in total. The van der Waals surface area contributed by atoms with Gasteiger partial charge in [0.2, 0.25) is 12.5 Å². The predicted molar refractivity (Wildman–Crippen MR) is 127 cm³/mol. The molecule has 0 saturated carbocycles. The van der Waals surface area contributed by atoms with Crippen LogP contribution < -0.4 is 14.2 Å². The first-order valence-corrected chi connectivity index (χ1v) is 11.3. The lowest BCUT2D eigenvalue weighted by Crippen LogP contribution is -2.34. The number of methoxy groups -OCH3 is 1. The van der Waals surface area contributed by atoms with Gasteiger partial charge in [-0.25, -0.2) is 0 Å². The van der Waals surface area contributed by atoms with Crippen molar-refractivity contribution in [2.75, 3.05) is 27.5 Å². The Morgan fingerprint density at radius 2 is 2.00 bits per heavy atom. The number of hydrogen-bond acceptors (Lipinski definition) is 7. The molecule has 0 aliphatic carbocycles. The van der Waals surface area contributed by atoms with E-state index in [1.165, 1.54) is 0 Å². The molecule has 1 aromatic heterocycles. The van der Waals surface area contributed by atoms with Crippen molar-refractivity contribution in [1.29, 1.82) is 0 Å². The number of hydrogen-bond donors (Lipinski definition) is 0. The second kappa shape index (κ2) is 8.18. The zero-order valence-corrected chi connectivity index (χ0v) is 19.0. The molecule has 1 atom stereocenters. The highest BCUT2D eigenvalue weighted by atomic mass is 16.7. The molecule has 4 aromatic rings. The molecule has 7 heteroatoms. The Kier molecular flexibility index (Phi) is 4.99. The third kappa shape index (κ3) is 3.31. The molecule has 0 amide bonds. The quantitative estimate of drug-likeness (QED) is 0.390. The van der Waals surface area contributed by atoms with E-state index in [0.717, 1.165) is 40.6 Å². The summed E-state index contributed by atoms with van der Waals surface area (Å²) in [6.07, 6.45) is 1.17. The summed E-state index contributed by atoms with van der Waals surface area (Å²) >= 11 is 0. The van der Waals surface area contributed by atoms with Crippen LogP contribution >= 0.6 is 0 Å². The molecule has 2 aliphatic rings. The van der Waals surface area contributed by atoms with Crippen molar-refractivity contribution in [2.24, 2.45) is 0 Å². The van der Waals surface area contributed by atoms with Gasteiger partial charge in [-0.15, -0.1) is 0 Å². The van der Waals surface area contributed by atoms with Crippen LogP contribution in [0.15, 0.2) is 59.1 Å². The minimum Gasteiger partial charge on any atom is -0.492 e. The zero-order valence-electron chi connectivity index (χ0n) is 19.0. The molecule has 2 aliphatic heterocycles. The monoisotopic (exact) mass is 456 g/mol. The van der Waals surface area contributed by atoms with Gasteiger partial charge in [-0.3, -0.25) is 9.69 Å². The minimum atomic E-state index is -0.132. The molecule has 3 aromatic carbocycles. The Bertz CT molecular complexity index is 1400. The molecule has 34 heavy (non-hydrogen) atoms. The third-order valence-electron chi connectivity index (χ3n) is 6.76. The van der Waals surface area contributed by atoms with Gasteiger partial charge in [-0.2, -0.15) is 0 Å². The summed E-state index contributed by atoms with van der Waals surface area (Å²) in [6, 6.07) is 17.2. The topological polar surface area (TPSA) is 74.0 Å². The number of benzene rings is 3. The fourth-order valence-corrected chi connectivity index (χ4v) is 4.99. The highest BCUT2D eigenvalue weighted by Gasteiger charge is 2.35. The highest BCUT2D eigenvalue weighted by molar-refractivity contribution is 6.02. The first-order chi connectivity index (χ1) is 16.6. The van der Waals surface area contributed by atoms with Crippen molar-refractivity contribution in [1.82, 2.24) is 10.1 Å². The summed E-state index contributed by atoms with van der Waals surface area (Å²) in [5.41, 5.74) is 4.43. The minimum absolute atomic E-state index is 0.0477. The van der Waals surface area contributed by atoms with Crippen molar-refractivity contribution in [3.05, 3.63) is 71.3 Å². The van der Waals surface area contributed by atoms with E-state index in [2.05, 4.69) is 10.1 Å². The first-order valence-electron chi connectivity index (χ1n) is 11.3. The second-order valence-corrected chi connectivity index (χ2v) is 8.70. The van der Waals surface area contributed by atoms with E-state index in [4.69, 9.17) is 18.7 Å². The van der Waals surface area contributed by atoms with Crippen molar-refractivity contribution < 1.29 is 23.5 Å². The van der Waals surface area contributed by atoms with E-state index in [1.54, 1.807) is 7.11 Å². The van der Waals surface area contributed by atoms with E-state index in [1.807, 2.05) is 61.6 Å². The van der Waals surface area contributed by atoms with E-state index in [-0.39, 0.29) is 18.6 Å². The molecule has 3 heterocycles. The van der Waals surface area contributed by atoms with Crippen LogP contribution in [0.5, 0.6) is 17.2 Å². The summed E-state index contributed by atoms with van der Waals surface area (Å²) in [6.45, 7) is 1.02.